The van der Waals surface area contributed by atoms with Crippen LogP contribution in [-0.4, -0.2) is 22.9 Å². The third kappa shape index (κ3) is 2.36. The zero-order chi connectivity index (χ0) is 14.2. The van der Waals surface area contributed by atoms with E-state index in [0.717, 1.165) is 25.2 Å². The molecular weight excluding hydrogens is 253 g/mol. The molecule has 0 aliphatic carbocycles. The Balaban J connectivity index is 1.83. The van der Waals surface area contributed by atoms with Crippen LogP contribution in [-0.2, 0) is 11.8 Å². The Hall–Kier alpha value is -1.68. The molecule has 1 N–H and O–H groups in total. The van der Waals surface area contributed by atoms with Gasteiger partial charge in [0.1, 0.15) is 5.82 Å². The molecule has 3 nitrogen and oxygen atoms in total. The van der Waals surface area contributed by atoms with Crippen LogP contribution in [0.4, 0.5) is 4.39 Å². The SMILES string of the molecule is CC(C)n1ccc(CC2(c3ccc(F)cc3)CNC2)n1. The van der Waals surface area contributed by atoms with Gasteiger partial charge in [-0.3, -0.25) is 4.68 Å². The molecule has 1 aliphatic rings. The Morgan fingerprint density at radius 2 is 1.95 bits per heavy atom. The van der Waals surface area contributed by atoms with E-state index in [1.54, 1.807) is 12.1 Å². The lowest BCUT2D eigenvalue weighted by atomic mass is 9.72. The van der Waals surface area contributed by atoms with Crippen LogP contribution in [0.1, 0.15) is 31.1 Å². The summed E-state index contributed by atoms with van der Waals surface area (Å²) in [6.07, 6.45) is 2.93. The van der Waals surface area contributed by atoms with Gasteiger partial charge in [0.25, 0.3) is 0 Å². The Kier molecular flexibility index (Phi) is 3.34. The third-order valence-corrected chi connectivity index (χ3v) is 4.10. The number of halogens is 1. The maximum Gasteiger partial charge on any atom is 0.123 e. The molecule has 1 aromatic carbocycles. The molecule has 0 bridgehead atoms. The molecule has 3 rings (SSSR count). The van der Waals surface area contributed by atoms with Crippen molar-refractivity contribution < 1.29 is 4.39 Å². The molecule has 0 unspecified atom stereocenters. The smallest absolute Gasteiger partial charge is 0.123 e. The first-order chi connectivity index (χ1) is 9.59. The van der Waals surface area contributed by atoms with E-state index in [1.807, 2.05) is 23.0 Å². The molecule has 0 radical (unpaired) electrons. The summed E-state index contributed by atoms with van der Waals surface area (Å²) in [5.74, 6) is -0.180. The molecule has 1 aromatic heterocycles. The van der Waals surface area contributed by atoms with Crippen molar-refractivity contribution in [1.29, 1.82) is 0 Å². The third-order valence-electron chi connectivity index (χ3n) is 4.10. The molecule has 0 atom stereocenters. The lowest BCUT2D eigenvalue weighted by molar-refractivity contribution is 0.271. The Morgan fingerprint density at radius 3 is 2.45 bits per heavy atom. The highest BCUT2D eigenvalue weighted by molar-refractivity contribution is 5.32. The maximum atomic E-state index is 13.1. The molecular formula is C16H20FN3. The van der Waals surface area contributed by atoms with Gasteiger partial charge in [-0.2, -0.15) is 5.10 Å². The van der Waals surface area contributed by atoms with Crippen molar-refractivity contribution in [1.82, 2.24) is 15.1 Å². The van der Waals surface area contributed by atoms with E-state index < -0.39 is 0 Å². The Morgan fingerprint density at radius 1 is 1.25 bits per heavy atom. The summed E-state index contributed by atoms with van der Waals surface area (Å²) in [4.78, 5) is 0. The van der Waals surface area contributed by atoms with Crippen molar-refractivity contribution in [3.8, 4) is 0 Å². The number of benzene rings is 1. The summed E-state index contributed by atoms with van der Waals surface area (Å²) in [6, 6.07) is 9.35. The lowest BCUT2D eigenvalue weighted by Gasteiger charge is -2.43. The van der Waals surface area contributed by atoms with Crippen molar-refractivity contribution in [3.05, 3.63) is 53.6 Å². The van der Waals surface area contributed by atoms with Gasteiger partial charge < -0.3 is 5.32 Å². The molecule has 4 heteroatoms. The standard InChI is InChI=1S/C16H20FN3/c1-12(2)20-8-7-15(19-20)9-16(10-18-11-16)13-3-5-14(17)6-4-13/h3-8,12,18H,9-11H2,1-2H3. The van der Waals surface area contributed by atoms with Crippen molar-refractivity contribution >= 4 is 0 Å². The summed E-state index contributed by atoms with van der Waals surface area (Å²) in [6.45, 7) is 6.09. The second-order valence-electron chi connectivity index (χ2n) is 5.95. The fourth-order valence-corrected chi connectivity index (χ4v) is 2.77. The first-order valence-electron chi connectivity index (χ1n) is 7.10. The number of nitrogens with zero attached hydrogens (tertiary/aromatic N) is 2. The van der Waals surface area contributed by atoms with E-state index >= 15 is 0 Å². The van der Waals surface area contributed by atoms with Gasteiger partial charge in [0.15, 0.2) is 0 Å². The molecule has 0 spiro atoms. The predicted molar refractivity (Wildman–Crippen MR) is 77.3 cm³/mol. The van der Waals surface area contributed by atoms with Crippen LogP contribution in [0.15, 0.2) is 36.5 Å². The van der Waals surface area contributed by atoms with Gasteiger partial charge in [0.2, 0.25) is 0 Å². The fraction of sp³-hybridized carbons (Fsp3) is 0.438. The number of hydrogen-bond donors (Lipinski definition) is 1. The Labute approximate surface area is 118 Å². The van der Waals surface area contributed by atoms with Crippen molar-refractivity contribution in [2.24, 2.45) is 0 Å². The van der Waals surface area contributed by atoms with E-state index in [4.69, 9.17) is 0 Å². The van der Waals surface area contributed by atoms with Gasteiger partial charge in [-0.15, -0.1) is 0 Å². The second kappa shape index (κ2) is 5.02. The predicted octanol–water partition coefficient (Wildman–Crippen LogP) is 2.69. The van der Waals surface area contributed by atoms with E-state index in [9.17, 15) is 4.39 Å². The van der Waals surface area contributed by atoms with Crippen LogP contribution in [0.3, 0.4) is 0 Å². The van der Waals surface area contributed by atoms with Crippen LogP contribution in [0.2, 0.25) is 0 Å². The number of rotatable bonds is 4. The molecule has 2 aromatic rings. The number of hydrogen-bond acceptors (Lipinski definition) is 2. The largest absolute Gasteiger partial charge is 0.315 e. The van der Waals surface area contributed by atoms with Gasteiger partial charge in [0, 0.05) is 37.2 Å². The maximum absolute atomic E-state index is 13.1. The minimum Gasteiger partial charge on any atom is -0.315 e. The van der Waals surface area contributed by atoms with Gasteiger partial charge >= 0.3 is 0 Å². The Bertz CT molecular complexity index is 582. The van der Waals surface area contributed by atoms with E-state index in [-0.39, 0.29) is 11.2 Å². The van der Waals surface area contributed by atoms with E-state index in [2.05, 4.69) is 30.3 Å². The van der Waals surface area contributed by atoms with E-state index in [0.29, 0.717) is 6.04 Å². The summed E-state index contributed by atoms with van der Waals surface area (Å²) in [7, 11) is 0. The minimum absolute atomic E-state index is 0.0594. The van der Waals surface area contributed by atoms with Crippen LogP contribution < -0.4 is 5.32 Å². The molecule has 1 aliphatic heterocycles. The monoisotopic (exact) mass is 273 g/mol. The van der Waals surface area contributed by atoms with Gasteiger partial charge in [-0.05, 0) is 37.6 Å². The molecule has 0 saturated carbocycles. The molecule has 1 fully saturated rings. The van der Waals surface area contributed by atoms with Gasteiger partial charge in [-0.1, -0.05) is 12.1 Å². The highest BCUT2D eigenvalue weighted by Crippen LogP contribution is 2.32. The molecule has 0 amide bonds. The zero-order valence-electron chi connectivity index (χ0n) is 11.9. The number of aromatic nitrogens is 2. The summed E-state index contributed by atoms with van der Waals surface area (Å²) in [5, 5.41) is 7.97. The van der Waals surface area contributed by atoms with Crippen LogP contribution in [0, 0.1) is 5.82 Å². The van der Waals surface area contributed by atoms with Crippen LogP contribution in [0.5, 0.6) is 0 Å². The summed E-state index contributed by atoms with van der Waals surface area (Å²) >= 11 is 0. The van der Waals surface area contributed by atoms with Crippen molar-refractivity contribution in [2.45, 2.75) is 31.7 Å². The minimum atomic E-state index is -0.180. The normalized spacial score (nSPS) is 17.2. The zero-order valence-corrected chi connectivity index (χ0v) is 11.9. The molecule has 2 heterocycles. The average molecular weight is 273 g/mol. The van der Waals surface area contributed by atoms with Gasteiger partial charge in [-0.25, -0.2) is 4.39 Å². The molecule has 106 valence electrons. The average Bonchev–Trinajstić information content (AvgIpc) is 2.84. The first-order valence-corrected chi connectivity index (χ1v) is 7.10. The number of nitrogens with one attached hydrogen (secondary N) is 1. The quantitative estimate of drug-likeness (QED) is 0.928. The first kappa shape index (κ1) is 13.3. The summed E-state index contributed by atoms with van der Waals surface area (Å²) in [5.41, 5.74) is 2.35. The highest BCUT2D eigenvalue weighted by Gasteiger charge is 2.39. The van der Waals surface area contributed by atoms with E-state index in [1.165, 1.54) is 5.56 Å². The van der Waals surface area contributed by atoms with Crippen LogP contribution >= 0.6 is 0 Å². The highest BCUT2D eigenvalue weighted by atomic mass is 19.1. The molecule has 1 saturated heterocycles. The van der Waals surface area contributed by atoms with Crippen molar-refractivity contribution in [3.63, 3.8) is 0 Å². The van der Waals surface area contributed by atoms with Crippen molar-refractivity contribution in [2.75, 3.05) is 13.1 Å². The molecule has 20 heavy (non-hydrogen) atoms. The summed E-state index contributed by atoms with van der Waals surface area (Å²) < 4.78 is 15.1. The topological polar surface area (TPSA) is 29.9 Å². The fourth-order valence-electron chi connectivity index (χ4n) is 2.77. The van der Waals surface area contributed by atoms with Crippen LogP contribution in [0.25, 0.3) is 0 Å². The van der Waals surface area contributed by atoms with Gasteiger partial charge in [0.05, 0.1) is 5.69 Å². The second-order valence-corrected chi connectivity index (χ2v) is 5.95. The lowest BCUT2D eigenvalue weighted by Crippen LogP contribution is -2.58.